The van der Waals surface area contributed by atoms with Gasteiger partial charge < -0.3 is 40.0 Å². The number of aliphatic imine (C=N–C) groups is 1. The number of amidine groups is 2. The Morgan fingerprint density at radius 1 is 0.709 bits per heavy atom. The molecular weight excluding hydrogens is 1260 g/mol. The van der Waals surface area contributed by atoms with Crippen molar-refractivity contribution in [3.05, 3.63) is 179 Å². The van der Waals surface area contributed by atoms with Crippen LogP contribution >= 0.6 is 81.2 Å². The highest BCUT2D eigenvalue weighted by Gasteiger charge is 2.41. The molecule has 9 rings (SSSR count). The predicted molar refractivity (Wildman–Crippen MR) is 335 cm³/mol. The van der Waals surface area contributed by atoms with E-state index in [4.69, 9.17) is 100 Å². The van der Waals surface area contributed by atoms with Gasteiger partial charge in [0.25, 0.3) is 29.5 Å². The van der Waals surface area contributed by atoms with Gasteiger partial charge in [-0.3, -0.25) is 29.4 Å². The largest absolute Gasteiger partial charge is 0.508 e. The van der Waals surface area contributed by atoms with Crippen molar-refractivity contribution >= 4 is 157 Å². The molecule has 86 heavy (non-hydrogen) atoms. The minimum absolute atomic E-state index is 0.0288. The van der Waals surface area contributed by atoms with Gasteiger partial charge >= 0.3 is 0 Å². The Labute approximate surface area is 527 Å². The Balaban J connectivity index is 0.000000232. The Kier molecular flexibility index (Phi) is 20.9. The van der Waals surface area contributed by atoms with E-state index in [9.17, 15) is 29.1 Å². The van der Waals surface area contributed by atoms with Crippen molar-refractivity contribution in [2.75, 3.05) is 41.5 Å². The van der Waals surface area contributed by atoms with E-state index in [0.717, 1.165) is 21.1 Å². The summed E-state index contributed by atoms with van der Waals surface area (Å²) in [5.41, 5.74) is 7.42. The number of amides is 5. The molecule has 0 aromatic heterocycles. The number of hydrazone groups is 1. The number of halogens is 7. The van der Waals surface area contributed by atoms with Crippen molar-refractivity contribution in [2.24, 2.45) is 20.3 Å². The molecule has 0 bridgehead atoms. The number of rotatable bonds is 16. The number of phenols is 1. The van der Waals surface area contributed by atoms with Crippen LogP contribution in [0.2, 0.25) is 35.2 Å². The minimum atomic E-state index is -1.30. The molecule has 27 heteroatoms. The molecule has 7 aromatic carbocycles. The number of nitrogens with one attached hydrogen (secondary N) is 4. The van der Waals surface area contributed by atoms with Gasteiger partial charge in [-0.25, -0.2) is 10.0 Å². The monoisotopic (exact) mass is 1300 g/mol. The molecule has 0 radical (unpaired) electrons. The number of aromatic hydroxyl groups is 1. The van der Waals surface area contributed by atoms with Crippen LogP contribution in [0.4, 0.5) is 34.1 Å². The molecule has 2 heterocycles. The highest BCUT2D eigenvalue weighted by molar-refractivity contribution is 6.44. The summed E-state index contributed by atoms with van der Waals surface area (Å²) in [5, 5.41) is 34.0. The van der Waals surface area contributed by atoms with Crippen LogP contribution in [0.5, 0.6) is 28.7 Å². The van der Waals surface area contributed by atoms with Crippen molar-refractivity contribution in [1.29, 1.82) is 0 Å². The second-order valence-electron chi connectivity index (χ2n) is 18.8. The molecule has 0 spiro atoms. The van der Waals surface area contributed by atoms with E-state index in [1.807, 2.05) is 32.0 Å². The molecule has 5 amide bonds. The number of aryl methyl sites for hydroxylation is 3. The molecule has 2 aliphatic rings. The van der Waals surface area contributed by atoms with Crippen molar-refractivity contribution in [1.82, 2.24) is 10.7 Å². The Morgan fingerprint density at radius 2 is 1.37 bits per heavy atom. The third kappa shape index (κ3) is 15.7. The molecular formula is C59H49Cl7N10O10. The van der Waals surface area contributed by atoms with Crippen LogP contribution in [0.1, 0.15) is 40.4 Å². The third-order valence-electron chi connectivity index (χ3n) is 12.4. The number of carbonyl (C=O) groups excluding carboxylic acids is 5. The van der Waals surface area contributed by atoms with Gasteiger partial charge in [0, 0.05) is 33.0 Å². The number of azo groups is 1. The van der Waals surface area contributed by atoms with E-state index >= 15 is 0 Å². The lowest BCUT2D eigenvalue weighted by atomic mass is 10.1. The summed E-state index contributed by atoms with van der Waals surface area (Å²) < 4.78 is 22.0. The van der Waals surface area contributed by atoms with E-state index in [2.05, 4.69) is 41.7 Å². The molecule has 5 N–H and O–H groups in total. The van der Waals surface area contributed by atoms with Gasteiger partial charge in [0.2, 0.25) is 6.04 Å². The van der Waals surface area contributed by atoms with Crippen LogP contribution in [0.3, 0.4) is 0 Å². The topological polar surface area (TPSA) is 247 Å². The lowest BCUT2D eigenvalue weighted by Gasteiger charge is -2.19. The molecule has 0 saturated carbocycles. The standard InChI is InChI=1S/C33H28Cl4N6O6.C26H21Cl3N4O4/c1-16-11-21(7-9-26(16)44)49-17(2)32(45)38-19-5-8-22(35)25(14-19)39-31-29(41-40-20-6-10-27(47-3)28(15-20)48-4)33(46)43(42-31)30-23(36)12-18(34)13-24(30)37;1-14-6-7-21(15(2)8-14)37-13-23(34)30-18-5-3-4-16(9-18)26(36)31-22-12-24(35)33(32-22)25-19(28)10-17(27)11-20(25)29/h5-15,17,29,44H,1-4H3,(H,38,45)(H,39,42);3-11H,12-13H2,1-2H3,(H,30,34)(H,31,32,36). The fourth-order valence-electron chi connectivity index (χ4n) is 8.25. The van der Waals surface area contributed by atoms with Gasteiger partial charge in [-0.15, -0.1) is 0 Å². The number of methoxy groups -OCH3 is 2. The van der Waals surface area contributed by atoms with Crippen molar-refractivity contribution in [3.8, 4) is 28.7 Å². The summed E-state index contributed by atoms with van der Waals surface area (Å²) in [4.78, 5) is 69.1. The molecule has 2 unspecified atom stereocenters. The second kappa shape index (κ2) is 28.2. The third-order valence-corrected chi connectivity index (χ3v) is 14.3. The van der Waals surface area contributed by atoms with E-state index in [-0.39, 0.29) is 89.1 Å². The number of hydrazine groups is 1. The van der Waals surface area contributed by atoms with Crippen LogP contribution in [0, 0.1) is 20.8 Å². The first kappa shape index (κ1) is 63.7. The summed E-state index contributed by atoms with van der Waals surface area (Å²) in [6.07, 6.45) is -1.06. The Morgan fingerprint density at radius 3 is 2.03 bits per heavy atom. The molecule has 1 saturated heterocycles. The van der Waals surface area contributed by atoms with E-state index in [1.54, 1.807) is 68.4 Å². The summed E-state index contributed by atoms with van der Waals surface area (Å²) in [6.45, 7) is 6.99. The van der Waals surface area contributed by atoms with Gasteiger partial charge in [-0.1, -0.05) is 105 Å². The number of benzene rings is 7. The summed E-state index contributed by atoms with van der Waals surface area (Å²) in [6, 6.07) is 30.7. The van der Waals surface area contributed by atoms with E-state index in [1.165, 1.54) is 62.8 Å². The Bertz CT molecular complexity index is 3880. The number of nitrogens with zero attached hydrogens (tertiary/aromatic N) is 6. The molecule has 2 atom stereocenters. The number of hydrogen-bond acceptors (Lipinski definition) is 14. The van der Waals surface area contributed by atoms with Crippen molar-refractivity contribution in [3.63, 3.8) is 0 Å². The lowest BCUT2D eigenvalue weighted by Crippen LogP contribution is -2.36. The molecule has 1 fully saturated rings. The maximum atomic E-state index is 13.8. The maximum Gasteiger partial charge on any atom is 0.280 e. The zero-order valence-corrected chi connectivity index (χ0v) is 51.4. The normalized spacial score (nSPS) is 14.5. The minimum Gasteiger partial charge on any atom is -0.508 e. The van der Waals surface area contributed by atoms with Gasteiger partial charge in [0.05, 0.1) is 57.1 Å². The molecule has 2 aliphatic heterocycles. The fraction of sp³-hybridized carbons (Fsp3) is 0.169. The lowest BCUT2D eigenvalue weighted by molar-refractivity contribution is -0.122. The average Bonchev–Trinajstić information content (AvgIpc) is 3.81. The molecule has 444 valence electrons. The van der Waals surface area contributed by atoms with Crippen molar-refractivity contribution in [2.45, 2.75) is 46.3 Å². The number of carbonyl (C=O) groups is 5. The van der Waals surface area contributed by atoms with Crippen LogP contribution in [-0.2, 0) is 19.2 Å². The number of hydrogen-bond donors (Lipinski definition) is 5. The zero-order chi connectivity index (χ0) is 62.1. The predicted octanol–water partition coefficient (Wildman–Crippen LogP) is 14.2. The van der Waals surface area contributed by atoms with Gasteiger partial charge in [0.1, 0.15) is 34.5 Å². The smallest absolute Gasteiger partial charge is 0.280 e. The summed E-state index contributed by atoms with van der Waals surface area (Å²) >= 11 is 43.9. The quantitative estimate of drug-likeness (QED) is 0.0569. The zero-order valence-electron chi connectivity index (χ0n) is 46.1. The van der Waals surface area contributed by atoms with Crippen molar-refractivity contribution < 1.29 is 48.0 Å². The number of phenolic OH excluding ortho intramolecular Hbond substituents is 1. The maximum absolute atomic E-state index is 13.8. The first-order valence-corrected chi connectivity index (χ1v) is 28.1. The highest BCUT2D eigenvalue weighted by atomic mass is 35.5. The van der Waals surface area contributed by atoms with E-state index in [0.29, 0.717) is 50.6 Å². The second-order valence-corrected chi connectivity index (χ2v) is 21.7. The van der Waals surface area contributed by atoms with Gasteiger partial charge in [0.15, 0.2) is 30.0 Å². The summed E-state index contributed by atoms with van der Waals surface area (Å²) in [5.74, 6) is -0.184. The summed E-state index contributed by atoms with van der Waals surface area (Å²) in [7, 11) is 2.99. The average molecular weight is 1310 g/mol. The van der Waals surface area contributed by atoms with Crippen LogP contribution < -0.4 is 50.3 Å². The van der Waals surface area contributed by atoms with E-state index < -0.39 is 35.8 Å². The first-order chi connectivity index (χ1) is 41.0. The molecule has 20 nitrogen and oxygen atoms in total. The number of ether oxygens (including phenoxy) is 4. The van der Waals surface area contributed by atoms with Crippen LogP contribution in [0.15, 0.2) is 142 Å². The fourth-order valence-corrected chi connectivity index (χ4v) is 10.4. The molecule has 0 aliphatic carbocycles. The van der Waals surface area contributed by atoms with Gasteiger partial charge in [-0.05, 0) is 136 Å². The Hall–Kier alpha value is -8.34. The molecule has 7 aromatic rings. The van der Waals surface area contributed by atoms with Crippen LogP contribution in [0.25, 0.3) is 0 Å². The SMILES string of the molecule is COc1ccc(N=NC2C(=O)N(c3c(Cl)cc(Cl)cc3Cl)NC2=Nc2cc(NC(=O)C(C)Oc3ccc(O)c(C)c3)ccc2Cl)cc1OC.Cc1ccc(OCC(=O)Nc2cccc(C(=O)NC3=NN(c4c(Cl)cc(Cl)cc4Cl)C(=O)C3)c2)c(C)c1. The number of anilines is 4. The van der Waals surface area contributed by atoms with Crippen LogP contribution in [-0.4, -0.2) is 79.3 Å². The first-order valence-electron chi connectivity index (χ1n) is 25.5. The highest BCUT2D eigenvalue weighted by Crippen LogP contribution is 2.41. The van der Waals surface area contributed by atoms with Gasteiger partial charge in [-0.2, -0.15) is 20.3 Å².